The third-order valence-electron chi connectivity index (χ3n) is 5.11. The van der Waals surface area contributed by atoms with E-state index in [1.165, 1.54) is 16.8 Å². The van der Waals surface area contributed by atoms with Gasteiger partial charge in [0.15, 0.2) is 0 Å². The van der Waals surface area contributed by atoms with Crippen molar-refractivity contribution in [2.24, 2.45) is 5.92 Å². The number of ether oxygens (including phenoxy) is 1. The van der Waals surface area contributed by atoms with E-state index in [2.05, 4.69) is 39.1 Å². The summed E-state index contributed by atoms with van der Waals surface area (Å²) >= 11 is 0. The minimum Gasteiger partial charge on any atom is -0.444 e. The molecule has 1 saturated heterocycles. The highest BCUT2D eigenvalue weighted by Crippen LogP contribution is 2.30. The molecule has 0 atom stereocenters. The maximum absolute atomic E-state index is 11.8. The number of nitrogens with zero attached hydrogens (tertiary/aromatic N) is 3. The number of amides is 2. The van der Waals surface area contributed by atoms with Crippen molar-refractivity contribution >= 4 is 12.0 Å². The Kier molecular flexibility index (Phi) is 6.25. The lowest BCUT2D eigenvalue weighted by atomic mass is 9.96. The number of carbonyl (C=O) groups excluding carboxylic acids is 2. The first-order valence-corrected chi connectivity index (χ1v) is 10.1. The Morgan fingerprint density at radius 3 is 2.52 bits per heavy atom. The van der Waals surface area contributed by atoms with Crippen LogP contribution in [0.5, 0.6) is 0 Å². The third-order valence-corrected chi connectivity index (χ3v) is 5.11. The Labute approximate surface area is 172 Å². The Balaban J connectivity index is 0.000000174. The molecule has 4 rings (SSSR count). The Bertz CT molecular complexity index is 861. The SMILES string of the molecule is CNC(=O)C1CCN(C(=O)OC(C)(C)C)CC1.c1ccc2c(c1)Cn1cncc1-2. The summed E-state index contributed by atoms with van der Waals surface area (Å²) in [6.45, 7) is 7.71. The molecule has 1 fully saturated rings. The normalized spacial score (nSPS) is 15.7. The van der Waals surface area contributed by atoms with Crippen LogP contribution >= 0.6 is 0 Å². The van der Waals surface area contributed by atoms with Crippen molar-refractivity contribution in [3.8, 4) is 11.3 Å². The van der Waals surface area contributed by atoms with Crippen LogP contribution in [0.15, 0.2) is 36.8 Å². The zero-order chi connectivity index (χ0) is 21.0. The predicted molar refractivity (Wildman–Crippen MR) is 111 cm³/mol. The van der Waals surface area contributed by atoms with E-state index in [1.54, 1.807) is 11.9 Å². The number of piperidine rings is 1. The van der Waals surface area contributed by atoms with Gasteiger partial charge in [-0.2, -0.15) is 0 Å². The maximum atomic E-state index is 11.8. The molecule has 29 heavy (non-hydrogen) atoms. The molecule has 0 aliphatic carbocycles. The van der Waals surface area contributed by atoms with Crippen molar-refractivity contribution in [2.45, 2.75) is 45.8 Å². The van der Waals surface area contributed by atoms with Gasteiger partial charge >= 0.3 is 6.09 Å². The molecule has 7 nitrogen and oxygen atoms in total. The van der Waals surface area contributed by atoms with Gasteiger partial charge in [-0.05, 0) is 39.2 Å². The fourth-order valence-electron chi connectivity index (χ4n) is 3.62. The molecular weight excluding hydrogens is 368 g/mol. The lowest BCUT2D eigenvalue weighted by molar-refractivity contribution is -0.125. The van der Waals surface area contributed by atoms with Crippen LogP contribution in [0.2, 0.25) is 0 Å². The summed E-state index contributed by atoms with van der Waals surface area (Å²) < 4.78 is 7.46. The van der Waals surface area contributed by atoms with Gasteiger partial charge in [-0.1, -0.05) is 24.3 Å². The second-order valence-electron chi connectivity index (χ2n) is 8.42. The van der Waals surface area contributed by atoms with Crippen molar-refractivity contribution in [3.05, 3.63) is 42.4 Å². The van der Waals surface area contributed by atoms with Gasteiger partial charge in [-0.25, -0.2) is 9.78 Å². The van der Waals surface area contributed by atoms with Gasteiger partial charge in [0.05, 0.1) is 18.2 Å². The number of aromatic nitrogens is 2. The molecule has 2 aliphatic rings. The van der Waals surface area contributed by atoms with E-state index in [4.69, 9.17) is 4.74 Å². The highest BCUT2D eigenvalue weighted by Gasteiger charge is 2.29. The lowest BCUT2D eigenvalue weighted by Gasteiger charge is -2.32. The zero-order valence-corrected chi connectivity index (χ0v) is 17.6. The summed E-state index contributed by atoms with van der Waals surface area (Å²) in [6, 6.07) is 8.47. The van der Waals surface area contributed by atoms with Gasteiger partial charge in [-0.15, -0.1) is 0 Å². The summed E-state index contributed by atoms with van der Waals surface area (Å²) in [5.74, 6) is 0.0903. The van der Waals surface area contributed by atoms with Gasteiger partial charge in [0.25, 0.3) is 0 Å². The van der Waals surface area contributed by atoms with Gasteiger partial charge < -0.3 is 19.5 Å². The number of hydrogen-bond acceptors (Lipinski definition) is 4. The highest BCUT2D eigenvalue weighted by atomic mass is 16.6. The zero-order valence-electron chi connectivity index (χ0n) is 17.6. The Morgan fingerprint density at radius 1 is 1.17 bits per heavy atom. The van der Waals surface area contributed by atoms with Crippen molar-refractivity contribution in [1.29, 1.82) is 0 Å². The van der Waals surface area contributed by atoms with Gasteiger partial charge in [0, 0.05) is 38.2 Å². The van der Waals surface area contributed by atoms with Crippen LogP contribution in [0.1, 0.15) is 39.2 Å². The molecule has 0 unspecified atom stereocenters. The van der Waals surface area contributed by atoms with Crippen LogP contribution < -0.4 is 5.32 Å². The number of rotatable bonds is 1. The largest absolute Gasteiger partial charge is 0.444 e. The van der Waals surface area contributed by atoms with Gasteiger partial charge in [-0.3, -0.25) is 4.79 Å². The van der Waals surface area contributed by atoms with Gasteiger partial charge in [0.1, 0.15) is 5.60 Å². The van der Waals surface area contributed by atoms with E-state index in [-0.39, 0.29) is 17.9 Å². The van der Waals surface area contributed by atoms with E-state index in [0.717, 1.165) is 6.54 Å². The monoisotopic (exact) mass is 398 g/mol. The topological polar surface area (TPSA) is 76.5 Å². The number of nitrogens with one attached hydrogen (secondary N) is 1. The Morgan fingerprint density at radius 2 is 1.86 bits per heavy atom. The van der Waals surface area contributed by atoms with E-state index in [1.807, 2.05) is 33.3 Å². The summed E-state index contributed by atoms with van der Waals surface area (Å²) in [4.78, 5) is 29.0. The standard InChI is InChI=1S/C12H22N2O3.C10H8N2/c1-12(2,3)17-11(16)14-7-5-9(6-8-14)10(15)13-4;1-2-4-9-8(3-1)6-12-7-11-5-10(9)12/h9H,5-8H2,1-4H3,(H,13,15);1-5,7H,6H2. The number of imidazole rings is 1. The predicted octanol–water partition coefficient (Wildman–Crippen LogP) is 3.29. The molecule has 1 aromatic carbocycles. The first kappa shape index (κ1) is 20.9. The fourth-order valence-corrected chi connectivity index (χ4v) is 3.62. The summed E-state index contributed by atoms with van der Waals surface area (Å²) in [5, 5.41) is 2.64. The molecule has 0 radical (unpaired) electrons. The second-order valence-corrected chi connectivity index (χ2v) is 8.42. The van der Waals surface area contributed by atoms with E-state index < -0.39 is 5.60 Å². The van der Waals surface area contributed by atoms with Crippen molar-refractivity contribution < 1.29 is 14.3 Å². The van der Waals surface area contributed by atoms with Crippen LogP contribution in [-0.4, -0.2) is 52.2 Å². The molecule has 7 heteroatoms. The van der Waals surface area contributed by atoms with E-state index in [9.17, 15) is 9.59 Å². The van der Waals surface area contributed by atoms with Crippen molar-refractivity contribution in [3.63, 3.8) is 0 Å². The molecule has 0 bridgehead atoms. The lowest BCUT2D eigenvalue weighted by Crippen LogP contribution is -2.44. The van der Waals surface area contributed by atoms with Crippen LogP contribution in [0, 0.1) is 5.92 Å². The van der Waals surface area contributed by atoms with Crippen molar-refractivity contribution in [1.82, 2.24) is 19.8 Å². The molecule has 2 aliphatic heterocycles. The molecule has 156 valence electrons. The molecule has 1 N–H and O–H groups in total. The molecule has 0 saturated carbocycles. The minimum atomic E-state index is -0.464. The highest BCUT2D eigenvalue weighted by molar-refractivity contribution is 5.78. The average molecular weight is 399 g/mol. The van der Waals surface area contributed by atoms with E-state index in [0.29, 0.717) is 25.9 Å². The summed E-state index contributed by atoms with van der Waals surface area (Å²) in [6.07, 6.45) is 4.94. The number of fused-ring (bicyclic) bond motifs is 3. The molecule has 2 aromatic rings. The second kappa shape index (κ2) is 8.68. The molecular formula is C22H30N4O3. The average Bonchev–Trinajstić information content (AvgIpc) is 3.28. The number of hydrogen-bond donors (Lipinski definition) is 1. The quantitative estimate of drug-likeness (QED) is 0.682. The molecule has 0 spiro atoms. The van der Waals surface area contributed by atoms with Crippen molar-refractivity contribution in [2.75, 3.05) is 20.1 Å². The maximum Gasteiger partial charge on any atom is 0.410 e. The smallest absolute Gasteiger partial charge is 0.410 e. The molecule has 2 amide bonds. The van der Waals surface area contributed by atoms with Crippen LogP contribution in [0.3, 0.4) is 0 Å². The minimum absolute atomic E-state index is 0.0266. The van der Waals surface area contributed by atoms with Crippen LogP contribution in [0.4, 0.5) is 4.79 Å². The number of likely N-dealkylation sites (tertiary alicyclic amines) is 1. The third kappa shape index (κ3) is 5.16. The molecule has 1 aromatic heterocycles. The van der Waals surface area contributed by atoms with Crippen LogP contribution in [-0.2, 0) is 16.1 Å². The summed E-state index contributed by atoms with van der Waals surface area (Å²) in [7, 11) is 1.64. The first-order valence-electron chi connectivity index (χ1n) is 10.1. The first-order chi connectivity index (χ1) is 13.8. The fraction of sp³-hybridized carbons (Fsp3) is 0.500. The number of carbonyl (C=O) groups is 2. The van der Waals surface area contributed by atoms with Crippen LogP contribution in [0.25, 0.3) is 11.3 Å². The van der Waals surface area contributed by atoms with E-state index >= 15 is 0 Å². The molecule has 3 heterocycles. The van der Waals surface area contributed by atoms with Gasteiger partial charge in [0.2, 0.25) is 5.91 Å². The summed E-state index contributed by atoms with van der Waals surface area (Å²) in [5.41, 5.74) is 3.50. The Hall–Kier alpha value is -2.83. The number of benzene rings is 1.